The molecule has 1 saturated heterocycles. The average Bonchev–Trinajstić information content (AvgIpc) is 3.10. The highest BCUT2D eigenvalue weighted by Crippen LogP contribution is 2.50. The highest BCUT2D eigenvalue weighted by molar-refractivity contribution is 5.79. The van der Waals surface area contributed by atoms with Gasteiger partial charge in [0.25, 0.3) is 0 Å². The molecule has 1 aliphatic carbocycles. The van der Waals surface area contributed by atoms with E-state index in [9.17, 15) is 13.6 Å². The van der Waals surface area contributed by atoms with E-state index in [2.05, 4.69) is 10.2 Å². The monoisotopic (exact) mass is 308 g/mol. The molecule has 1 spiro atoms. The Morgan fingerprint density at radius 3 is 3.00 bits per heavy atom. The van der Waals surface area contributed by atoms with Crippen LogP contribution in [0.4, 0.5) is 8.78 Å². The van der Waals surface area contributed by atoms with Gasteiger partial charge in [0, 0.05) is 31.6 Å². The van der Waals surface area contributed by atoms with Gasteiger partial charge in [-0.25, -0.2) is 8.78 Å². The molecule has 1 aromatic carbocycles. The highest BCUT2D eigenvalue weighted by Gasteiger charge is 2.49. The van der Waals surface area contributed by atoms with Crippen LogP contribution in [-0.4, -0.2) is 30.9 Å². The van der Waals surface area contributed by atoms with Crippen molar-refractivity contribution in [1.82, 2.24) is 10.2 Å². The number of carbonyl (C=O) groups is 1. The van der Waals surface area contributed by atoms with E-state index in [4.69, 9.17) is 0 Å². The first kappa shape index (κ1) is 15.4. The van der Waals surface area contributed by atoms with Gasteiger partial charge in [-0.2, -0.15) is 0 Å². The minimum absolute atomic E-state index is 0.0178. The number of amides is 1. The van der Waals surface area contributed by atoms with Crippen molar-refractivity contribution in [3.05, 3.63) is 35.4 Å². The van der Waals surface area contributed by atoms with Crippen LogP contribution in [0.25, 0.3) is 0 Å². The van der Waals surface area contributed by atoms with Crippen LogP contribution in [0.2, 0.25) is 0 Å². The van der Waals surface area contributed by atoms with Crippen LogP contribution in [0, 0.1) is 23.0 Å². The Morgan fingerprint density at radius 1 is 1.41 bits per heavy atom. The van der Waals surface area contributed by atoms with Gasteiger partial charge >= 0.3 is 0 Å². The maximum Gasteiger partial charge on any atom is 0.223 e. The molecular formula is C17H22F2N2O. The van der Waals surface area contributed by atoms with Crippen molar-refractivity contribution in [2.24, 2.45) is 11.3 Å². The molecule has 1 aliphatic heterocycles. The van der Waals surface area contributed by atoms with Crippen LogP contribution >= 0.6 is 0 Å². The summed E-state index contributed by atoms with van der Waals surface area (Å²) in [6, 6.07) is 3.59. The van der Waals surface area contributed by atoms with Crippen molar-refractivity contribution in [2.75, 3.05) is 20.1 Å². The van der Waals surface area contributed by atoms with Crippen LogP contribution in [0.3, 0.4) is 0 Å². The second kappa shape index (κ2) is 5.95. The summed E-state index contributed by atoms with van der Waals surface area (Å²) in [4.78, 5) is 14.3. The Bertz CT molecular complexity index is 578. The molecule has 5 heteroatoms. The summed E-state index contributed by atoms with van der Waals surface area (Å²) < 4.78 is 27.1. The third-order valence-corrected chi connectivity index (χ3v) is 5.34. The molecule has 0 bridgehead atoms. The molecule has 1 saturated carbocycles. The van der Waals surface area contributed by atoms with Crippen molar-refractivity contribution >= 4 is 5.91 Å². The maximum atomic E-state index is 13.8. The van der Waals surface area contributed by atoms with Gasteiger partial charge in [-0.1, -0.05) is 6.42 Å². The molecule has 22 heavy (non-hydrogen) atoms. The molecule has 0 aromatic heterocycles. The lowest BCUT2D eigenvalue weighted by Gasteiger charge is -2.30. The number of hydrogen-bond acceptors (Lipinski definition) is 2. The normalized spacial score (nSPS) is 28.4. The Morgan fingerprint density at radius 2 is 2.23 bits per heavy atom. The second-order valence-corrected chi connectivity index (χ2v) is 6.62. The minimum atomic E-state index is -0.408. The molecule has 0 radical (unpaired) electrons. The average molecular weight is 308 g/mol. The lowest BCUT2D eigenvalue weighted by atomic mass is 9.76. The zero-order valence-electron chi connectivity index (χ0n) is 12.9. The molecule has 2 atom stereocenters. The van der Waals surface area contributed by atoms with Crippen molar-refractivity contribution in [1.29, 1.82) is 0 Å². The number of carbonyl (C=O) groups excluding carboxylic acids is 1. The first-order valence-electron chi connectivity index (χ1n) is 7.92. The predicted octanol–water partition coefficient (Wildman–Crippen LogP) is 2.70. The second-order valence-electron chi connectivity index (χ2n) is 6.62. The molecule has 1 N–H and O–H groups in total. The van der Waals surface area contributed by atoms with Gasteiger partial charge in [0.1, 0.15) is 11.6 Å². The summed E-state index contributed by atoms with van der Waals surface area (Å²) in [5.74, 6) is -0.595. The summed E-state index contributed by atoms with van der Waals surface area (Å²) in [6.45, 7) is 2.04. The van der Waals surface area contributed by atoms with Crippen LogP contribution in [0.5, 0.6) is 0 Å². The van der Waals surface area contributed by atoms with Crippen LogP contribution in [0.1, 0.15) is 31.2 Å². The number of likely N-dealkylation sites (tertiary alicyclic amines) is 1. The van der Waals surface area contributed by atoms with Gasteiger partial charge in [-0.05, 0) is 49.4 Å². The topological polar surface area (TPSA) is 32.3 Å². The number of rotatable bonds is 3. The minimum Gasteiger partial charge on any atom is -0.359 e. The quantitative estimate of drug-likeness (QED) is 0.931. The fourth-order valence-electron chi connectivity index (χ4n) is 4.24. The molecule has 1 heterocycles. The summed E-state index contributed by atoms with van der Waals surface area (Å²) in [6.07, 6.45) is 4.01. The van der Waals surface area contributed by atoms with E-state index in [-0.39, 0.29) is 23.1 Å². The number of nitrogens with zero attached hydrogens (tertiary/aromatic N) is 1. The third-order valence-electron chi connectivity index (χ3n) is 5.34. The van der Waals surface area contributed by atoms with Crippen LogP contribution in [-0.2, 0) is 11.3 Å². The van der Waals surface area contributed by atoms with E-state index in [0.29, 0.717) is 12.1 Å². The third kappa shape index (κ3) is 2.74. The summed E-state index contributed by atoms with van der Waals surface area (Å²) in [7, 11) is 1.68. The number of benzene rings is 1. The maximum absolute atomic E-state index is 13.8. The summed E-state index contributed by atoms with van der Waals surface area (Å²) >= 11 is 0. The highest BCUT2D eigenvalue weighted by atomic mass is 19.1. The van der Waals surface area contributed by atoms with E-state index in [1.165, 1.54) is 12.1 Å². The zero-order chi connectivity index (χ0) is 15.7. The van der Waals surface area contributed by atoms with Gasteiger partial charge in [0.2, 0.25) is 5.91 Å². The van der Waals surface area contributed by atoms with Crippen molar-refractivity contribution in [3.8, 4) is 0 Å². The van der Waals surface area contributed by atoms with Crippen molar-refractivity contribution < 1.29 is 13.6 Å². The van der Waals surface area contributed by atoms with Crippen LogP contribution < -0.4 is 5.32 Å². The standard InChI is InChI=1S/C17H22F2N2O/c1-20-16(22)14-3-2-6-17(14)7-8-21(11-17)10-12-9-13(18)4-5-15(12)19/h4-5,9,14H,2-3,6-8,10-11H2,1H3,(H,20,22)/t14-,17+/m0/s1. The van der Waals surface area contributed by atoms with Gasteiger partial charge in [0.05, 0.1) is 0 Å². The summed E-state index contributed by atoms with van der Waals surface area (Å²) in [5, 5.41) is 2.77. The molecule has 0 unspecified atom stereocenters. The summed E-state index contributed by atoms with van der Waals surface area (Å²) in [5.41, 5.74) is 0.413. The van der Waals surface area contributed by atoms with Crippen molar-refractivity contribution in [3.63, 3.8) is 0 Å². The molecule has 1 aromatic rings. The van der Waals surface area contributed by atoms with Gasteiger partial charge < -0.3 is 5.32 Å². The first-order valence-corrected chi connectivity index (χ1v) is 7.92. The molecule has 120 valence electrons. The van der Waals surface area contributed by atoms with Gasteiger partial charge in [-0.15, -0.1) is 0 Å². The van der Waals surface area contributed by atoms with Gasteiger partial charge in [0.15, 0.2) is 0 Å². The number of hydrogen-bond donors (Lipinski definition) is 1. The Hall–Kier alpha value is -1.49. The smallest absolute Gasteiger partial charge is 0.223 e. The Kier molecular flexibility index (Phi) is 4.17. The van der Waals surface area contributed by atoms with Crippen LogP contribution in [0.15, 0.2) is 18.2 Å². The SMILES string of the molecule is CNC(=O)[C@@H]1CCC[C@]12CCN(Cc1cc(F)ccc1F)C2. The fourth-order valence-corrected chi connectivity index (χ4v) is 4.24. The fraction of sp³-hybridized carbons (Fsp3) is 0.588. The van der Waals surface area contributed by atoms with Crippen molar-refractivity contribution in [2.45, 2.75) is 32.2 Å². The lowest BCUT2D eigenvalue weighted by molar-refractivity contribution is -0.127. The van der Waals surface area contributed by atoms with E-state index in [1.54, 1.807) is 7.05 Å². The molecule has 2 fully saturated rings. The predicted molar refractivity (Wildman–Crippen MR) is 80.1 cm³/mol. The molecule has 3 rings (SSSR count). The molecule has 1 amide bonds. The molecular weight excluding hydrogens is 286 g/mol. The van der Waals surface area contributed by atoms with E-state index >= 15 is 0 Å². The zero-order valence-corrected chi connectivity index (χ0v) is 12.9. The number of halogens is 2. The van der Waals surface area contributed by atoms with E-state index < -0.39 is 5.82 Å². The van der Waals surface area contributed by atoms with E-state index in [1.807, 2.05) is 0 Å². The Balaban J connectivity index is 1.72. The van der Waals surface area contributed by atoms with Gasteiger partial charge in [-0.3, -0.25) is 9.69 Å². The molecule has 2 aliphatic rings. The van der Waals surface area contributed by atoms with E-state index in [0.717, 1.165) is 44.8 Å². The Labute approximate surface area is 129 Å². The molecule has 3 nitrogen and oxygen atoms in total. The largest absolute Gasteiger partial charge is 0.359 e. The number of nitrogens with one attached hydrogen (secondary N) is 1. The lowest BCUT2D eigenvalue weighted by Crippen LogP contribution is -2.39. The first-order chi connectivity index (χ1) is 10.5.